The molecule has 2 N–H and O–H groups in total. The number of nitrogens with one attached hydrogen (secondary N) is 2. The van der Waals surface area contributed by atoms with Gasteiger partial charge in [0.1, 0.15) is 5.82 Å². The van der Waals surface area contributed by atoms with E-state index in [1.807, 2.05) is 6.07 Å². The molecule has 0 aliphatic heterocycles. The molecule has 0 unspecified atom stereocenters. The van der Waals surface area contributed by atoms with Gasteiger partial charge in [-0.25, -0.2) is 0 Å². The molecule has 0 atom stereocenters. The fourth-order valence-corrected chi connectivity index (χ4v) is 1.17. The van der Waals surface area contributed by atoms with Crippen LogP contribution in [0.3, 0.4) is 0 Å². The average molecular weight is 166 g/mol. The highest BCUT2D eigenvalue weighted by atomic mass is 16.1. The zero-order valence-corrected chi connectivity index (χ0v) is 7.64. The molecule has 0 bridgehead atoms. The van der Waals surface area contributed by atoms with E-state index in [0.717, 1.165) is 11.4 Å². The first kappa shape index (κ1) is 8.84. The smallest absolute Gasteiger partial charge is 0.249 e. The van der Waals surface area contributed by atoms with Gasteiger partial charge in [-0.15, -0.1) is 0 Å². The second-order valence-corrected chi connectivity index (χ2v) is 3.06. The quantitative estimate of drug-likeness (QED) is 0.700. The van der Waals surface area contributed by atoms with Gasteiger partial charge in [0.25, 0.3) is 0 Å². The van der Waals surface area contributed by atoms with Crippen LogP contribution in [-0.4, -0.2) is 12.0 Å². The maximum atomic E-state index is 10.9. The van der Waals surface area contributed by atoms with Crippen LogP contribution in [0.5, 0.6) is 0 Å². The topological polar surface area (TPSA) is 44.9 Å². The van der Waals surface area contributed by atoms with E-state index >= 15 is 0 Å². The summed E-state index contributed by atoms with van der Waals surface area (Å²) >= 11 is 0. The van der Waals surface area contributed by atoms with Gasteiger partial charge in [-0.3, -0.25) is 4.79 Å². The number of hydrogen-bond donors (Lipinski definition) is 2. The van der Waals surface area contributed by atoms with Gasteiger partial charge in [0.2, 0.25) is 5.56 Å². The minimum Gasteiger partial charge on any atom is -0.374 e. The van der Waals surface area contributed by atoms with Crippen molar-refractivity contribution in [3.63, 3.8) is 0 Å². The monoisotopic (exact) mass is 166 g/mol. The zero-order chi connectivity index (χ0) is 9.14. The lowest BCUT2D eigenvalue weighted by molar-refractivity contribution is 0.858. The molecule has 3 nitrogen and oxygen atoms in total. The largest absolute Gasteiger partial charge is 0.374 e. The molecule has 1 rings (SSSR count). The SMILES string of the molecule is CNc1[nH]c(=O)ccc1C(C)C. The van der Waals surface area contributed by atoms with Gasteiger partial charge in [0.05, 0.1) is 0 Å². The van der Waals surface area contributed by atoms with Crippen LogP contribution < -0.4 is 10.9 Å². The van der Waals surface area contributed by atoms with Crippen molar-refractivity contribution in [2.24, 2.45) is 0 Å². The van der Waals surface area contributed by atoms with E-state index in [1.165, 1.54) is 0 Å². The molecule has 1 aromatic heterocycles. The summed E-state index contributed by atoms with van der Waals surface area (Å²) in [7, 11) is 1.80. The van der Waals surface area contributed by atoms with Gasteiger partial charge in [0, 0.05) is 13.1 Å². The molecule has 0 fully saturated rings. The summed E-state index contributed by atoms with van der Waals surface area (Å²) in [6.07, 6.45) is 0. The lowest BCUT2D eigenvalue weighted by atomic mass is 10.0. The molecule has 1 aromatic rings. The van der Waals surface area contributed by atoms with E-state index in [1.54, 1.807) is 13.1 Å². The summed E-state index contributed by atoms with van der Waals surface area (Å²) in [5.74, 6) is 1.24. The van der Waals surface area contributed by atoms with Gasteiger partial charge in [0.15, 0.2) is 0 Å². The number of pyridine rings is 1. The Morgan fingerprint density at radius 2 is 2.08 bits per heavy atom. The number of aromatic amines is 1. The number of anilines is 1. The van der Waals surface area contributed by atoms with Gasteiger partial charge in [-0.2, -0.15) is 0 Å². The van der Waals surface area contributed by atoms with Crippen molar-refractivity contribution >= 4 is 5.82 Å². The summed E-state index contributed by atoms with van der Waals surface area (Å²) in [6, 6.07) is 3.41. The van der Waals surface area contributed by atoms with Crippen molar-refractivity contribution in [2.75, 3.05) is 12.4 Å². The maximum Gasteiger partial charge on any atom is 0.249 e. The molecule has 12 heavy (non-hydrogen) atoms. The van der Waals surface area contributed by atoms with Gasteiger partial charge < -0.3 is 10.3 Å². The molecule has 0 aliphatic rings. The second kappa shape index (κ2) is 3.43. The third-order valence-electron chi connectivity index (χ3n) is 1.82. The van der Waals surface area contributed by atoms with Crippen LogP contribution >= 0.6 is 0 Å². The normalized spacial score (nSPS) is 10.3. The van der Waals surface area contributed by atoms with E-state index in [0.29, 0.717) is 5.92 Å². The highest BCUT2D eigenvalue weighted by Crippen LogP contribution is 2.19. The highest BCUT2D eigenvalue weighted by molar-refractivity contribution is 5.44. The van der Waals surface area contributed by atoms with Crippen LogP contribution in [0.4, 0.5) is 5.82 Å². The summed E-state index contributed by atoms with van der Waals surface area (Å²) in [6.45, 7) is 4.18. The van der Waals surface area contributed by atoms with E-state index in [-0.39, 0.29) is 5.56 Å². The molecule has 0 aliphatic carbocycles. The maximum absolute atomic E-state index is 10.9. The second-order valence-electron chi connectivity index (χ2n) is 3.06. The molecule has 0 amide bonds. The number of rotatable bonds is 2. The summed E-state index contributed by atoms with van der Waals surface area (Å²) < 4.78 is 0. The Morgan fingerprint density at radius 1 is 1.42 bits per heavy atom. The zero-order valence-electron chi connectivity index (χ0n) is 7.64. The first-order chi connectivity index (χ1) is 5.65. The minimum atomic E-state index is -0.0660. The Kier molecular flexibility index (Phi) is 2.53. The molecule has 0 aromatic carbocycles. The van der Waals surface area contributed by atoms with Crippen molar-refractivity contribution in [1.29, 1.82) is 0 Å². The predicted molar refractivity (Wildman–Crippen MR) is 50.7 cm³/mol. The number of aromatic nitrogens is 1. The number of hydrogen-bond acceptors (Lipinski definition) is 2. The van der Waals surface area contributed by atoms with E-state index < -0.39 is 0 Å². The van der Waals surface area contributed by atoms with Crippen LogP contribution in [0.15, 0.2) is 16.9 Å². The molecular formula is C9H14N2O. The summed E-state index contributed by atoms with van der Waals surface area (Å²) in [5, 5.41) is 2.96. The molecule has 0 saturated carbocycles. The molecule has 1 heterocycles. The van der Waals surface area contributed by atoms with E-state index in [9.17, 15) is 4.79 Å². The molecule has 0 spiro atoms. The van der Waals surface area contributed by atoms with Crippen LogP contribution in [0.2, 0.25) is 0 Å². The van der Waals surface area contributed by atoms with Gasteiger partial charge in [-0.1, -0.05) is 13.8 Å². The third kappa shape index (κ3) is 1.67. The average Bonchev–Trinajstić information content (AvgIpc) is 2.03. The van der Waals surface area contributed by atoms with Crippen molar-refractivity contribution in [2.45, 2.75) is 19.8 Å². The van der Waals surface area contributed by atoms with Crippen molar-refractivity contribution < 1.29 is 0 Å². The standard InChI is InChI=1S/C9H14N2O/c1-6(2)7-4-5-8(12)11-9(7)10-3/h4-6H,1-3H3,(H2,10,11,12). The lowest BCUT2D eigenvalue weighted by Gasteiger charge is -2.10. The van der Waals surface area contributed by atoms with Crippen molar-refractivity contribution in [3.8, 4) is 0 Å². The minimum absolute atomic E-state index is 0.0660. The highest BCUT2D eigenvalue weighted by Gasteiger charge is 2.04. The number of H-pyrrole nitrogens is 1. The van der Waals surface area contributed by atoms with Gasteiger partial charge >= 0.3 is 0 Å². The first-order valence-electron chi connectivity index (χ1n) is 4.06. The molecule has 3 heteroatoms. The summed E-state index contributed by atoms with van der Waals surface area (Å²) in [4.78, 5) is 13.7. The fraction of sp³-hybridized carbons (Fsp3) is 0.444. The third-order valence-corrected chi connectivity index (χ3v) is 1.82. The Hall–Kier alpha value is -1.25. The van der Waals surface area contributed by atoms with Crippen molar-refractivity contribution in [1.82, 2.24) is 4.98 Å². The predicted octanol–water partition coefficient (Wildman–Crippen LogP) is 1.54. The van der Waals surface area contributed by atoms with Gasteiger partial charge in [-0.05, 0) is 17.5 Å². The molecular weight excluding hydrogens is 152 g/mol. The first-order valence-corrected chi connectivity index (χ1v) is 4.06. The Morgan fingerprint density at radius 3 is 2.58 bits per heavy atom. The van der Waals surface area contributed by atoms with Crippen LogP contribution in [0, 0.1) is 0 Å². The Balaban J connectivity index is 3.20. The van der Waals surface area contributed by atoms with E-state index in [4.69, 9.17) is 0 Å². The van der Waals surface area contributed by atoms with Crippen LogP contribution in [0.1, 0.15) is 25.3 Å². The molecule has 0 radical (unpaired) electrons. The summed E-state index contributed by atoms with van der Waals surface area (Å²) in [5.41, 5.74) is 1.07. The molecule has 0 saturated heterocycles. The van der Waals surface area contributed by atoms with Crippen LogP contribution in [-0.2, 0) is 0 Å². The molecule has 66 valence electrons. The van der Waals surface area contributed by atoms with E-state index in [2.05, 4.69) is 24.1 Å². The lowest BCUT2D eigenvalue weighted by Crippen LogP contribution is -2.10. The fourth-order valence-electron chi connectivity index (χ4n) is 1.17. The Labute approximate surface area is 71.8 Å². The van der Waals surface area contributed by atoms with Crippen molar-refractivity contribution in [3.05, 3.63) is 28.0 Å². The van der Waals surface area contributed by atoms with Crippen LogP contribution in [0.25, 0.3) is 0 Å². The Bertz CT molecular complexity index is 315.